The maximum atomic E-state index is 11.2. The highest BCUT2D eigenvalue weighted by Crippen LogP contribution is 2.35. The molecule has 0 aromatic carbocycles. The fourth-order valence-electron chi connectivity index (χ4n) is 1.95. The summed E-state index contributed by atoms with van der Waals surface area (Å²) < 4.78 is 1.38. The molecule has 0 saturated heterocycles. The molecule has 2 unspecified atom stereocenters. The molecule has 2 heterocycles. The number of aromatic nitrogens is 4. The number of fused-ring (bicyclic) bond motifs is 1. The van der Waals surface area contributed by atoms with Crippen LogP contribution < -0.4 is 11.0 Å². The lowest BCUT2D eigenvalue weighted by Crippen LogP contribution is -2.11. The average Bonchev–Trinajstić information content (AvgIpc) is 2.95. The zero-order valence-corrected chi connectivity index (χ0v) is 8.97. The van der Waals surface area contributed by atoms with Crippen LogP contribution in [-0.4, -0.2) is 25.6 Å². The lowest BCUT2D eigenvalue weighted by atomic mass is 10.3. The minimum Gasteiger partial charge on any atom is -0.367 e. The summed E-state index contributed by atoms with van der Waals surface area (Å²) in [5.41, 5.74) is 0.336. The van der Waals surface area contributed by atoms with Gasteiger partial charge in [-0.3, -0.25) is 0 Å². The molecule has 0 bridgehead atoms. The van der Waals surface area contributed by atoms with Crippen LogP contribution in [0.1, 0.15) is 19.8 Å². The van der Waals surface area contributed by atoms with Crippen molar-refractivity contribution in [3.8, 4) is 0 Å². The highest BCUT2D eigenvalue weighted by Gasteiger charge is 2.35. The normalized spacial score (nSPS) is 23.6. The van der Waals surface area contributed by atoms with Gasteiger partial charge in [-0.1, -0.05) is 13.3 Å². The lowest BCUT2D eigenvalue weighted by molar-refractivity contribution is 0.773. The standard InChI is InChI=1S/C10H13N5O/c1-2-6-3-7(6)12-8-4-9-13-14-10(16)15(9)5-11-8/h4-7,12H,2-3H2,1H3,(H,14,16). The first kappa shape index (κ1) is 9.38. The third-order valence-corrected chi connectivity index (χ3v) is 3.09. The van der Waals surface area contributed by atoms with E-state index in [0.29, 0.717) is 11.7 Å². The first-order chi connectivity index (χ1) is 7.78. The Labute approximate surface area is 91.7 Å². The molecule has 0 radical (unpaired) electrons. The van der Waals surface area contributed by atoms with Crippen molar-refractivity contribution in [1.82, 2.24) is 19.6 Å². The average molecular weight is 219 g/mol. The Morgan fingerprint density at radius 1 is 1.69 bits per heavy atom. The van der Waals surface area contributed by atoms with Gasteiger partial charge in [0.15, 0.2) is 5.65 Å². The summed E-state index contributed by atoms with van der Waals surface area (Å²) in [4.78, 5) is 15.4. The van der Waals surface area contributed by atoms with E-state index < -0.39 is 0 Å². The van der Waals surface area contributed by atoms with Crippen LogP contribution in [0.3, 0.4) is 0 Å². The van der Waals surface area contributed by atoms with Crippen molar-refractivity contribution in [1.29, 1.82) is 0 Å². The van der Waals surface area contributed by atoms with E-state index in [1.807, 2.05) is 0 Å². The molecular formula is C10H13N5O. The number of rotatable bonds is 3. The van der Waals surface area contributed by atoms with Crippen LogP contribution in [0.5, 0.6) is 0 Å². The number of hydrogen-bond acceptors (Lipinski definition) is 4. The number of nitrogens with one attached hydrogen (secondary N) is 2. The smallest absolute Gasteiger partial charge is 0.348 e. The predicted octanol–water partition coefficient (Wildman–Crippen LogP) is 0.628. The Morgan fingerprint density at radius 2 is 2.56 bits per heavy atom. The van der Waals surface area contributed by atoms with Gasteiger partial charge in [0.2, 0.25) is 0 Å². The number of nitrogens with zero attached hydrogens (tertiary/aromatic N) is 3. The summed E-state index contributed by atoms with van der Waals surface area (Å²) in [5.74, 6) is 1.55. The van der Waals surface area contributed by atoms with Crippen LogP contribution >= 0.6 is 0 Å². The van der Waals surface area contributed by atoms with Gasteiger partial charge in [-0.15, -0.1) is 0 Å². The summed E-state index contributed by atoms with van der Waals surface area (Å²) in [5, 5.41) is 9.61. The van der Waals surface area contributed by atoms with Crippen molar-refractivity contribution in [3.63, 3.8) is 0 Å². The van der Waals surface area contributed by atoms with E-state index in [9.17, 15) is 4.79 Å². The minimum atomic E-state index is -0.257. The van der Waals surface area contributed by atoms with Crippen LogP contribution in [-0.2, 0) is 0 Å². The van der Waals surface area contributed by atoms with Gasteiger partial charge in [0.1, 0.15) is 12.1 Å². The van der Waals surface area contributed by atoms with Crippen LogP contribution in [0, 0.1) is 5.92 Å². The molecule has 2 aromatic rings. The second kappa shape index (κ2) is 3.33. The predicted molar refractivity (Wildman–Crippen MR) is 59.4 cm³/mol. The Hall–Kier alpha value is -1.85. The number of anilines is 1. The van der Waals surface area contributed by atoms with Gasteiger partial charge < -0.3 is 5.32 Å². The molecule has 0 spiro atoms. The van der Waals surface area contributed by atoms with Crippen molar-refractivity contribution >= 4 is 11.5 Å². The third kappa shape index (κ3) is 1.46. The van der Waals surface area contributed by atoms with E-state index in [1.165, 1.54) is 23.6 Å². The largest absolute Gasteiger partial charge is 0.367 e. The van der Waals surface area contributed by atoms with Gasteiger partial charge in [-0.2, -0.15) is 5.10 Å². The summed E-state index contributed by atoms with van der Waals surface area (Å²) in [6.45, 7) is 2.19. The fraction of sp³-hybridized carbons (Fsp3) is 0.500. The third-order valence-electron chi connectivity index (χ3n) is 3.09. The molecule has 1 aliphatic carbocycles. The molecule has 6 heteroatoms. The quantitative estimate of drug-likeness (QED) is 0.793. The van der Waals surface area contributed by atoms with Crippen molar-refractivity contribution in [2.45, 2.75) is 25.8 Å². The SMILES string of the molecule is CCC1CC1Nc1cc2n[nH]c(=O)n2cn1. The number of H-pyrrole nitrogens is 1. The lowest BCUT2D eigenvalue weighted by Gasteiger charge is -2.03. The van der Waals surface area contributed by atoms with Crippen molar-refractivity contribution in [2.75, 3.05) is 5.32 Å². The van der Waals surface area contributed by atoms with Gasteiger partial charge in [-0.25, -0.2) is 19.3 Å². The maximum Gasteiger partial charge on any atom is 0.348 e. The highest BCUT2D eigenvalue weighted by molar-refractivity contribution is 5.49. The van der Waals surface area contributed by atoms with Gasteiger partial charge in [-0.05, 0) is 12.3 Å². The Bertz CT molecular complexity index is 572. The second-order valence-corrected chi connectivity index (χ2v) is 4.19. The first-order valence-corrected chi connectivity index (χ1v) is 5.47. The zero-order chi connectivity index (χ0) is 11.1. The van der Waals surface area contributed by atoms with Gasteiger partial charge in [0, 0.05) is 12.1 Å². The van der Waals surface area contributed by atoms with E-state index in [2.05, 4.69) is 27.4 Å². The molecule has 1 aliphatic rings. The van der Waals surface area contributed by atoms with Crippen molar-refractivity contribution in [2.24, 2.45) is 5.92 Å². The van der Waals surface area contributed by atoms with Gasteiger partial charge in [0.25, 0.3) is 0 Å². The molecule has 2 N–H and O–H groups in total. The van der Waals surface area contributed by atoms with Crippen LogP contribution in [0.4, 0.5) is 5.82 Å². The van der Waals surface area contributed by atoms with Crippen molar-refractivity contribution in [3.05, 3.63) is 22.9 Å². The molecule has 1 fully saturated rings. The number of hydrogen-bond donors (Lipinski definition) is 2. The Morgan fingerprint density at radius 3 is 3.31 bits per heavy atom. The maximum absolute atomic E-state index is 11.2. The molecule has 2 aromatic heterocycles. The van der Waals surface area contributed by atoms with E-state index in [0.717, 1.165) is 11.7 Å². The summed E-state index contributed by atoms with van der Waals surface area (Å²) in [6, 6.07) is 2.31. The minimum absolute atomic E-state index is 0.257. The molecular weight excluding hydrogens is 206 g/mol. The van der Waals surface area contributed by atoms with Crippen molar-refractivity contribution < 1.29 is 0 Å². The zero-order valence-electron chi connectivity index (χ0n) is 8.97. The summed E-state index contributed by atoms with van der Waals surface area (Å²) in [7, 11) is 0. The Kier molecular flexibility index (Phi) is 1.95. The van der Waals surface area contributed by atoms with Gasteiger partial charge in [0.05, 0.1) is 0 Å². The summed E-state index contributed by atoms with van der Waals surface area (Å²) >= 11 is 0. The first-order valence-electron chi connectivity index (χ1n) is 5.47. The molecule has 1 saturated carbocycles. The molecule has 6 nitrogen and oxygen atoms in total. The van der Waals surface area contributed by atoms with Gasteiger partial charge >= 0.3 is 5.69 Å². The van der Waals surface area contributed by atoms with Crippen LogP contribution in [0.25, 0.3) is 5.65 Å². The molecule has 3 rings (SSSR count). The fourth-order valence-corrected chi connectivity index (χ4v) is 1.95. The summed E-state index contributed by atoms with van der Waals surface area (Å²) in [6.07, 6.45) is 3.89. The topological polar surface area (TPSA) is 75.1 Å². The monoisotopic (exact) mass is 219 g/mol. The highest BCUT2D eigenvalue weighted by atomic mass is 16.1. The number of aromatic amines is 1. The molecule has 16 heavy (non-hydrogen) atoms. The molecule has 2 atom stereocenters. The van der Waals surface area contributed by atoms with E-state index in [1.54, 1.807) is 6.07 Å². The van der Waals surface area contributed by atoms with E-state index in [-0.39, 0.29) is 5.69 Å². The molecule has 0 aliphatic heterocycles. The molecule has 0 amide bonds. The van der Waals surface area contributed by atoms with Crippen LogP contribution in [0.15, 0.2) is 17.2 Å². The van der Waals surface area contributed by atoms with E-state index >= 15 is 0 Å². The van der Waals surface area contributed by atoms with E-state index in [4.69, 9.17) is 0 Å². The van der Waals surface area contributed by atoms with Crippen LogP contribution in [0.2, 0.25) is 0 Å². The molecule has 84 valence electrons. The second-order valence-electron chi connectivity index (χ2n) is 4.19. The Balaban J connectivity index is 1.86.